The van der Waals surface area contributed by atoms with Crippen LogP contribution in [-0.2, 0) is 0 Å². The number of rotatable bonds is 3. The Hall–Kier alpha value is -0.750. The van der Waals surface area contributed by atoms with Gasteiger partial charge in [0.2, 0.25) is 0 Å². The van der Waals surface area contributed by atoms with Crippen molar-refractivity contribution in [3.63, 3.8) is 0 Å². The SMILES string of the molecule is CC(Br)C(=O)c1ccc(Cl)c(OC(F)(F)F)c1. The maximum Gasteiger partial charge on any atom is 0.573 e. The summed E-state index contributed by atoms with van der Waals surface area (Å²) in [5.41, 5.74) is 0.0954. The Morgan fingerprint density at radius 2 is 2.06 bits per heavy atom. The first kappa shape index (κ1) is 14.3. The van der Waals surface area contributed by atoms with E-state index < -0.39 is 16.9 Å². The lowest BCUT2D eigenvalue weighted by Crippen LogP contribution is -2.18. The van der Waals surface area contributed by atoms with E-state index in [0.29, 0.717) is 0 Å². The quantitative estimate of drug-likeness (QED) is 0.613. The molecule has 1 rings (SSSR count). The van der Waals surface area contributed by atoms with Crippen molar-refractivity contribution >= 4 is 33.3 Å². The number of halogens is 5. The van der Waals surface area contributed by atoms with Gasteiger partial charge in [-0.1, -0.05) is 27.5 Å². The van der Waals surface area contributed by atoms with E-state index in [2.05, 4.69) is 20.7 Å². The summed E-state index contributed by atoms with van der Waals surface area (Å²) in [6.07, 6.45) is -4.84. The fourth-order valence-electron chi connectivity index (χ4n) is 1.09. The lowest BCUT2D eigenvalue weighted by atomic mass is 10.1. The Bertz CT molecular complexity index is 432. The van der Waals surface area contributed by atoms with E-state index in [1.54, 1.807) is 6.92 Å². The average molecular weight is 332 g/mol. The highest BCUT2D eigenvalue weighted by Crippen LogP contribution is 2.31. The molecule has 0 N–H and O–H groups in total. The molecular weight excluding hydrogens is 324 g/mol. The van der Waals surface area contributed by atoms with Crippen molar-refractivity contribution in [2.24, 2.45) is 0 Å². The lowest BCUT2D eigenvalue weighted by molar-refractivity contribution is -0.274. The topological polar surface area (TPSA) is 26.3 Å². The normalized spacial score (nSPS) is 13.3. The largest absolute Gasteiger partial charge is 0.573 e. The number of benzene rings is 1. The third-order valence-corrected chi connectivity index (χ3v) is 2.53. The molecule has 0 amide bonds. The van der Waals surface area contributed by atoms with Gasteiger partial charge in [0.1, 0.15) is 5.75 Å². The second kappa shape index (κ2) is 5.27. The van der Waals surface area contributed by atoms with Gasteiger partial charge in [0.25, 0.3) is 0 Å². The van der Waals surface area contributed by atoms with E-state index in [1.165, 1.54) is 12.1 Å². The highest BCUT2D eigenvalue weighted by molar-refractivity contribution is 9.10. The zero-order valence-electron chi connectivity index (χ0n) is 8.52. The van der Waals surface area contributed by atoms with Crippen molar-refractivity contribution in [1.82, 2.24) is 0 Å². The highest BCUT2D eigenvalue weighted by Gasteiger charge is 2.32. The van der Waals surface area contributed by atoms with Crippen molar-refractivity contribution < 1.29 is 22.7 Å². The van der Waals surface area contributed by atoms with Gasteiger partial charge in [-0.2, -0.15) is 0 Å². The molecule has 0 aliphatic heterocycles. The van der Waals surface area contributed by atoms with Gasteiger partial charge in [-0.3, -0.25) is 4.79 Å². The van der Waals surface area contributed by atoms with Crippen LogP contribution >= 0.6 is 27.5 Å². The molecule has 0 fully saturated rings. The molecule has 1 aromatic rings. The molecule has 0 saturated carbocycles. The van der Waals surface area contributed by atoms with Gasteiger partial charge in [-0.05, 0) is 25.1 Å². The maximum atomic E-state index is 12.0. The molecule has 0 aliphatic rings. The van der Waals surface area contributed by atoms with Gasteiger partial charge in [0.15, 0.2) is 5.78 Å². The Morgan fingerprint density at radius 1 is 1.47 bits per heavy atom. The first-order valence-corrected chi connectivity index (χ1v) is 5.73. The zero-order chi connectivity index (χ0) is 13.2. The number of alkyl halides is 4. The average Bonchev–Trinajstić information content (AvgIpc) is 2.18. The minimum absolute atomic E-state index is 0.0954. The minimum Gasteiger partial charge on any atom is -0.404 e. The van der Waals surface area contributed by atoms with Crippen LogP contribution in [0.15, 0.2) is 18.2 Å². The van der Waals surface area contributed by atoms with Gasteiger partial charge in [0, 0.05) is 5.56 Å². The smallest absolute Gasteiger partial charge is 0.404 e. The molecule has 94 valence electrons. The molecule has 7 heteroatoms. The molecule has 0 saturated heterocycles. The molecule has 0 radical (unpaired) electrons. The summed E-state index contributed by atoms with van der Waals surface area (Å²) in [7, 11) is 0. The Morgan fingerprint density at radius 3 is 2.53 bits per heavy atom. The molecule has 17 heavy (non-hydrogen) atoms. The summed E-state index contributed by atoms with van der Waals surface area (Å²) >= 11 is 8.57. The first-order chi connectivity index (χ1) is 7.70. The third kappa shape index (κ3) is 4.20. The summed E-state index contributed by atoms with van der Waals surface area (Å²) in [5, 5.41) is -0.207. The van der Waals surface area contributed by atoms with Gasteiger partial charge >= 0.3 is 6.36 Å². The van der Waals surface area contributed by atoms with Crippen LogP contribution < -0.4 is 4.74 Å². The van der Waals surface area contributed by atoms with Crippen molar-refractivity contribution in [3.05, 3.63) is 28.8 Å². The maximum absolute atomic E-state index is 12.0. The third-order valence-electron chi connectivity index (χ3n) is 1.80. The van der Waals surface area contributed by atoms with Crippen LogP contribution in [0.4, 0.5) is 13.2 Å². The predicted molar refractivity (Wildman–Crippen MR) is 60.9 cm³/mol. The molecule has 0 spiro atoms. The van der Waals surface area contributed by atoms with Crippen molar-refractivity contribution in [3.8, 4) is 5.75 Å². The number of ketones is 1. The van der Waals surface area contributed by atoms with Crippen LogP contribution in [-0.4, -0.2) is 17.0 Å². The first-order valence-electron chi connectivity index (χ1n) is 4.44. The van der Waals surface area contributed by atoms with Gasteiger partial charge in [0.05, 0.1) is 9.85 Å². The van der Waals surface area contributed by atoms with Crippen molar-refractivity contribution in [2.75, 3.05) is 0 Å². The fraction of sp³-hybridized carbons (Fsp3) is 0.300. The number of carbonyl (C=O) groups excluding carboxylic acids is 1. The van der Waals surface area contributed by atoms with E-state index >= 15 is 0 Å². The summed E-state index contributed by atoms with van der Waals surface area (Å²) in [6, 6.07) is 3.49. The highest BCUT2D eigenvalue weighted by atomic mass is 79.9. The van der Waals surface area contributed by atoms with Gasteiger partial charge in [-0.15, -0.1) is 13.2 Å². The van der Waals surface area contributed by atoms with Crippen LogP contribution in [0, 0.1) is 0 Å². The summed E-state index contributed by atoms with van der Waals surface area (Å²) < 4.78 is 39.8. The molecule has 0 bridgehead atoms. The molecule has 0 heterocycles. The standard InChI is InChI=1S/C10H7BrClF3O2/c1-5(11)9(16)6-2-3-7(12)8(4-6)17-10(13,14)15/h2-5H,1H3. The van der Waals surface area contributed by atoms with Crippen LogP contribution in [0.1, 0.15) is 17.3 Å². The number of Topliss-reactive ketones (excluding diaryl/α,β-unsaturated/α-hetero) is 1. The molecule has 1 atom stereocenters. The molecular formula is C10H7BrClF3O2. The number of hydrogen-bond donors (Lipinski definition) is 0. The Labute approximate surface area is 109 Å². The Kier molecular flexibility index (Phi) is 4.43. The number of ether oxygens (including phenoxy) is 1. The van der Waals surface area contributed by atoms with E-state index in [0.717, 1.165) is 6.07 Å². The molecule has 0 aliphatic carbocycles. The van der Waals surface area contributed by atoms with Crippen LogP contribution in [0.2, 0.25) is 5.02 Å². The van der Waals surface area contributed by atoms with Crippen LogP contribution in [0.5, 0.6) is 5.75 Å². The molecule has 1 aromatic carbocycles. The number of carbonyl (C=O) groups is 1. The van der Waals surface area contributed by atoms with E-state index in [4.69, 9.17) is 11.6 Å². The van der Waals surface area contributed by atoms with Gasteiger partial charge < -0.3 is 4.74 Å². The predicted octanol–water partition coefficient (Wildman–Crippen LogP) is 4.20. The van der Waals surface area contributed by atoms with Crippen LogP contribution in [0.3, 0.4) is 0 Å². The van der Waals surface area contributed by atoms with E-state index in [-0.39, 0.29) is 16.4 Å². The fourth-order valence-corrected chi connectivity index (χ4v) is 1.51. The second-order valence-corrected chi connectivity index (χ2v) is 4.95. The van der Waals surface area contributed by atoms with Crippen molar-refractivity contribution in [2.45, 2.75) is 18.1 Å². The second-order valence-electron chi connectivity index (χ2n) is 3.17. The van der Waals surface area contributed by atoms with E-state index in [1.807, 2.05) is 0 Å². The van der Waals surface area contributed by atoms with Crippen LogP contribution in [0.25, 0.3) is 0 Å². The lowest BCUT2D eigenvalue weighted by Gasteiger charge is -2.11. The summed E-state index contributed by atoms with van der Waals surface area (Å²) in [6.45, 7) is 1.57. The monoisotopic (exact) mass is 330 g/mol. The van der Waals surface area contributed by atoms with Gasteiger partial charge in [-0.25, -0.2) is 0 Å². The molecule has 2 nitrogen and oxygen atoms in total. The Balaban J connectivity index is 3.07. The van der Waals surface area contributed by atoms with E-state index in [9.17, 15) is 18.0 Å². The molecule has 0 aromatic heterocycles. The molecule has 1 unspecified atom stereocenters. The summed E-state index contributed by atoms with van der Waals surface area (Å²) in [4.78, 5) is 11.0. The zero-order valence-corrected chi connectivity index (χ0v) is 10.9. The minimum atomic E-state index is -4.84. The number of hydrogen-bond acceptors (Lipinski definition) is 2. The summed E-state index contributed by atoms with van der Waals surface area (Å²) in [5.74, 6) is -0.938. The van der Waals surface area contributed by atoms with Crippen molar-refractivity contribution in [1.29, 1.82) is 0 Å².